The van der Waals surface area contributed by atoms with Crippen molar-refractivity contribution < 1.29 is 19.2 Å². The van der Waals surface area contributed by atoms with E-state index < -0.39 is 23.8 Å². The van der Waals surface area contributed by atoms with Crippen LogP contribution in [0.15, 0.2) is 42.5 Å². The molecule has 0 bridgehead atoms. The largest absolute Gasteiger partial charge is 0.380 e. The minimum absolute atomic E-state index is 0.0979. The van der Waals surface area contributed by atoms with Gasteiger partial charge in [0, 0.05) is 25.2 Å². The van der Waals surface area contributed by atoms with Crippen LogP contribution in [0.3, 0.4) is 0 Å². The first kappa shape index (κ1) is 24.2. The van der Waals surface area contributed by atoms with Crippen LogP contribution < -0.4 is 10.6 Å². The number of rotatable bonds is 6. The van der Waals surface area contributed by atoms with Gasteiger partial charge in [-0.25, -0.2) is 0 Å². The molecular weight excluding hydrogens is 456 g/mol. The summed E-state index contributed by atoms with van der Waals surface area (Å²) >= 11 is 0. The van der Waals surface area contributed by atoms with Crippen molar-refractivity contribution >= 4 is 29.3 Å². The van der Waals surface area contributed by atoms with Gasteiger partial charge in [-0.3, -0.25) is 34.3 Å². The Morgan fingerprint density at radius 1 is 0.944 bits per heavy atom. The fourth-order valence-electron chi connectivity index (χ4n) is 5.20. The van der Waals surface area contributed by atoms with E-state index in [1.165, 1.54) is 18.4 Å². The molecule has 2 aromatic carbocycles. The number of benzene rings is 2. The van der Waals surface area contributed by atoms with Crippen molar-refractivity contribution in [3.05, 3.63) is 64.7 Å². The van der Waals surface area contributed by atoms with Crippen LogP contribution in [0.4, 0.5) is 5.69 Å². The van der Waals surface area contributed by atoms with Crippen molar-refractivity contribution in [2.45, 2.75) is 58.7 Å². The van der Waals surface area contributed by atoms with Crippen molar-refractivity contribution in [2.75, 3.05) is 18.4 Å². The second kappa shape index (κ2) is 9.50. The third-order valence-electron chi connectivity index (χ3n) is 7.59. The average Bonchev–Trinajstić information content (AvgIpc) is 3.10. The third kappa shape index (κ3) is 4.78. The second-order valence-electron chi connectivity index (χ2n) is 10.8. The van der Waals surface area contributed by atoms with E-state index in [4.69, 9.17) is 0 Å². The average molecular weight is 489 g/mol. The van der Waals surface area contributed by atoms with Gasteiger partial charge >= 0.3 is 0 Å². The standard InChI is InChI=1S/C28H32N4O4/c1-28(2)12-14-31(15-13-28)17-19-8-6-18(7-9-19)16-29-21-5-3-4-20-24(21)27(36)32(26(20)35)22-10-11-23(33)30-25(22)34/h3-9,22,29H,10-17H2,1-2H3,(H,30,33,34). The van der Waals surface area contributed by atoms with Gasteiger partial charge in [-0.1, -0.05) is 44.2 Å². The molecule has 1 unspecified atom stereocenters. The summed E-state index contributed by atoms with van der Waals surface area (Å²) in [5.74, 6) is -2.00. The number of carbonyl (C=O) groups excluding carboxylic acids is 4. The highest BCUT2D eigenvalue weighted by Gasteiger charge is 2.45. The van der Waals surface area contributed by atoms with Gasteiger partial charge in [0.25, 0.3) is 11.8 Å². The van der Waals surface area contributed by atoms with Gasteiger partial charge < -0.3 is 5.32 Å². The lowest BCUT2D eigenvalue weighted by Gasteiger charge is -2.36. The molecule has 2 saturated heterocycles. The number of piperidine rings is 2. The second-order valence-corrected chi connectivity index (χ2v) is 10.8. The van der Waals surface area contributed by atoms with Gasteiger partial charge in [-0.2, -0.15) is 0 Å². The molecule has 36 heavy (non-hydrogen) atoms. The van der Waals surface area contributed by atoms with Crippen LogP contribution in [0.2, 0.25) is 0 Å². The number of imide groups is 2. The number of anilines is 1. The highest BCUT2D eigenvalue weighted by molar-refractivity contribution is 6.25. The minimum Gasteiger partial charge on any atom is -0.380 e. The van der Waals surface area contributed by atoms with Gasteiger partial charge in [-0.15, -0.1) is 0 Å². The molecule has 1 atom stereocenters. The lowest BCUT2D eigenvalue weighted by atomic mass is 9.82. The topological polar surface area (TPSA) is 98.8 Å². The van der Waals surface area contributed by atoms with Crippen LogP contribution in [0.25, 0.3) is 0 Å². The number of likely N-dealkylation sites (tertiary alicyclic amines) is 1. The van der Waals surface area contributed by atoms with Crippen LogP contribution in [-0.4, -0.2) is 52.6 Å². The fraction of sp³-hybridized carbons (Fsp3) is 0.429. The molecule has 0 aliphatic carbocycles. The first-order chi connectivity index (χ1) is 17.2. The van der Waals surface area contributed by atoms with Crippen LogP contribution in [-0.2, 0) is 22.7 Å². The first-order valence-electron chi connectivity index (χ1n) is 12.6. The molecule has 3 heterocycles. The van der Waals surface area contributed by atoms with Gasteiger partial charge in [0.05, 0.1) is 11.1 Å². The zero-order chi connectivity index (χ0) is 25.4. The molecule has 8 nitrogen and oxygen atoms in total. The van der Waals surface area contributed by atoms with Gasteiger partial charge in [0.2, 0.25) is 11.8 Å². The molecule has 2 aromatic rings. The summed E-state index contributed by atoms with van der Waals surface area (Å²) in [6.07, 6.45) is 2.68. The van der Waals surface area contributed by atoms with Crippen LogP contribution in [0, 0.1) is 5.41 Å². The summed E-state index contributed by atoms with van der Waals surface area (Å²) in [4.78, 5) is 53.6. The van der Waals surface area contributed by atoms with Gasteiger partial charge in [-0.05, 0) is 61.0 Å². The van der Waals surface area contributed by atoms with E-state index in [0.717, 1.165) is 30.1 Å². The number of hydrogen-bond acceptors (Lipinski definition) is 6. The predicted octanol–water partition coefficient (Wildman–Crippen LogP) is 3.32. The van der Waals surface area contributed by atoms with Crippen molar-refractivity contribution in [3.63, 3.8) is 0 Å². The Balaban J connectivity index is 1.24. The maximum absolute atomic E-state index is 13.2. The molecule has 0 aromatic heterocycles. The Morgan fingerprint density at radius 3 is 2.33 bits per heavy atom. The van der Waals surface area contributed by atoms with E-state index in [1.54, 1.807) is 18.2 Å². The first-order valence-corrected chi connectivity index (χ1v) is 12.6. The molecule has 4 amide bonds. The fourth-order valence-corrected chi connectivity index (χ4v) is 5.20. The van der Waals surface area contributed by atoms with E-state index in [9.17, 15) is 19.2 Å². The van der Waals surface area contributed by atoms with Crippen LogP contribution in [0.1, 0.15) is 71.4 Å². The van der Waals surface area contributed by atoms with Crippen LogP contribution >= 0.6 is 0 Å². The third-order valence-corrected chi connectivity index (χ3v) is 7.59. The van der Waals surface area contributed by atoms with Crippen molar-refractivity contribution in [3.8, 4) is 0 Å². The molecule has 188 valence electrons. The van der Waals surface area contributed by atoms with Gasteiger partial charge in [0.1, 0.15) is 6.04 Å². The minimum atomic E-state index is -0.971. The monoisotopic (exact) mass is 488 g/mol. The maximum atomic E-state index is 13.2. The maximum Gasteiger partial charge on any atom is 0.264 e. The molecule has 2 fully saturated rings. The van der Waals surface area contributed by atoms with E-state index in [1.807, 2.05) is 0 Å². The molecule has 0 spiro atoms. The Morgan fingerprint density at radius 2 is 1.64 bits per heavy atom. The van der Waals surface area contributed by atoms with E-state index in [2.05, 4.69) is 53.6 Å². The summed E-state index contributed by atoms with van der Waals surface area (Å²) in [6, 6.07) is 12.6. The Bertz CT molecular complexity index is 1210. The summed E-state index contributed by atoms with van der Waals surface area (Å²) in [5.41, 5.74) is 3.89. The molecule has 0 saturated carbocycles. The molecule has 3 aliphatic heterocycles. The van der Waals surface area contributed by atoms with E-state index in [0.29, 0.717) is 17.6 Å². The van der Waals surface area contributed by atoms with E-state index in [-0.39, 0.29) is 29.9 Å². The van der Waals surface area contributed by atoms with Crippen LogP contribution in [0.5, 0.6) is 0 Å². The summed E-state index contributed by atoms with van der Waals surface area (Å²) in [7, 11) is 0. The zero-order valence-corrected chi connectivity index (χ0v) is 20.8. The Hall–Kier alpha value is -3.52. The predicted molar refractivity (Wildman–Crippen MR) is 135 cm³/mol. The number of amides is 4. The summed E-state index contributed by atoms with van der Waals surface area (Å²) in [5, 5.41) is 5.53. The highest BCUT2D eigenvalue weighted by atomic mass is 16.2. The smallest absolute Gasteiger partial charge is 0.264 e. The highest BCUT2D eigenvalue weighted by Crippen LogP contribution is 2.33. The zero-order valence-electron chi connectivity index (χ0n) is 20.8. The number of hydrogen-bond donors (Lipinski definition) is 2. The van der Waals surface area contributed by atoms with Crippen molar-refractivity contribution in [2.24, 2.45) is 5.41 Å². The molecular formula is C28H32N4O4. The molecule has 2 N–H and O–H groups in total. The Kier molecular flexibility index (Phi) is 6.38. The number of carbonyl (C=O) groups is 4. The number of nitrogens with one attached hydrogen (secondary N) is 2. The van der Waals surface area contributed by atoms with Gasteiger partial charge in [0.15, 0.2) is 0 Å². The SMILES string of the molecule is CC1(C)CCN(Cc2ccc(CNc3cccc4c3C(=O)N(C3CCC(=O)NC3=O)C4=O)cc2)CC1. The number of fused-ring (bicyclic) bond motifs is 1. The van der Waals surface area contributed by atoms with Crippen molar-refractivity contribution in [1.29, 1.82) is 0 Å². The summed E-state index contributed by atoms with van der Waals surface area (Å²) < 4.78 is 0. The van der Waals surface area contributed by atoms with Crippen molar-refractivity contribution in [1.82, 2.24) is 15.1 Å². The molecule has 5 rings (SSSR count). The summed E-state index contributed by atoms with van der Waals surface area (Å²) in [6.45, 7) is 8.36. The molecule has 0 radical (unpaired) electrons. The lowest BCUT2D eigenvalue weighted by Crippen LogP contribution is -2.54. The Labute approximate surface area is 211 Å². The normalized spacial score (nSPS) is 21.9. The molecule has 3 aliphatic rings. The van der Waals surface area contributed by atoms with E-state index >= 15 is 0 Å². The lowest BCUT2D eigenvalue weighted by molar-refractivity contribution is -0.136. The molecule has 8 heteroatoms. The quantitative estimate of drug-likeness (QED) is 0.606. The number of nitrogens with zero attached hydrogens (tertiary/aromatic N) is 2.